The van der Waals surface area contributed by atoms with Crippen LogP contribution in [-0.2, 0) is 14.4 Å². The van der Waals surface area contributed by atoms with Crippen molar-refractivity contribution in [2.45, 2.75) is 19.3 Å². The molecule has 7 heteroatoms. The molecule has 0 atom stereocenters. The number of aliphatic imine (C=N–C) groups is 1. The molecule has 0 unspecified atom stereocenters. The number of rotatable bonds is 4. The summed E-state index contributed by atoms with van der Waals surface area (Å²) in [6, 6.07) is 0. The Morgan fingerprint density at radius 1 is 1.33 bits per heavy atom. The zero-order chi connectivity index (χ0) is 11.3. The minimum Gasteiger partial charge on any atom is -0.550 e. The van der Waals surface area contributed by atoms with Gasteiger partial charge in [0.15, 0.2) is 0 Å². The van der Waals surface area contributed by atoms with Crippen molar-refractivity contribution in [3.05, 3.63) is 0 Å². The Hall–Kier alpha value is -1.92. The van der Waals surface area contributed by atoms with E-state index in [9.17, 15) is 19.5 Å². The van der Waals surface area contributed by atoms with Gasteiger partial charge in [-0.3, -0.25) is 25.2 Å². The first-order chi connectivity index (χ1) is 7.08. The minimum atomic E-state index is -1.15. The van der Waals surface area contributed by atoms with E-state index in [1.165, 1.54) is 0 Å². The van der Waals surface area contributed by atoms with Crippen molar-refractivity contribution in [3.63, 3.8) is 0 Å². The van der Waals surface area contributed by atoms with E-state index in [0.717, 1.165) is 0 Å². The zero-order valence-electron chi connectivity index (χ0n) is 7.91. The molecule has 15 heavy (non-hydrogen) atoms. The van der Waals surface area contributed by atoms with Gasteiger partial charge in [-0.1, -0.05) is 0 Å². The van der Waals surface area contributed by atoms with Crippen LogP contribution < -0.4 is 15.7 Å². The molecule has 1 heterocycles. The Morgan fingerprint density at radius 2 is 1.93 bits per heavy atom. The van der Waals surface area contributed by atoms with Crippen molar-refractivity contribution >= 4 is 23.7 Å². The van der Waals surface area contributed by atoms with Gasteiger partial charge in [-0.15, -0.1) is 0 Å². The highest BCUT2D eigenvalue weighted by molar-refractivity contribution is 6.15. The Morgan fingerprint density at radius 3 is 2.47 bits per heavy atom. The number of carboxylic acid groups (broad SMARTS) is 1. The quantitative estimate of drug-likeness (QED) is 0.396. The maximum absolute atomic E-state index is 10.9. The second-order valence-corrected chi connectivity index (χ2v) is 2.98. The number of aliphatic carboxylic acids is 1. The van der Waals surface area contributed by atoms with Gasteiger partial charge >= 0.3 is 0 Å². The summed E-state index contributed by atoms with van der Waals surface area (Å²) < 4.78 is 0. The van der Waals surface area contributed by atoms with E-state index in [-0.39, 0.29) is 25.3 Å². The first-order valence-corrected chi connectivity index (χ1v) is 4.42. The molecule has 1 rings (SSSR count). The van der Waals surface area contributed by atoms with Crippen LogP contribution in [-0.4, -0.2) is 30.3 Å². The van der Waals surface area contributed by atoms with Crippen molar-refractivity contribution in [1.82, 2.24) is 10.6 Å². The topological polar surface area (TPSA) is 111 Å². The van der Waals surface area contributed by atoms with Gasteiger partial charge in [0.2, 0.25) is 17.8 Å². The van der Waals surface area contributed by atoms with Crippen molar-refractivity contribution in [2.24, 2.45) is 4.99 Å². The van der Waals surface area contributed by atoms with Gasteiger partial charge in [0, 0.05) is 12.5 Å². The normalized spacial score (nSPS) is 15.6. The molecule has 82 valence electrons. The van der Waals surface area contributed by atoms with E-state index >= 15 is 0 Å². The van der Waals surface area contributed by atoms with Gasteiger partial charge in [0.25, 0.3) is 0 Å². The molecule has 0 aliphatic carbocycles. The van der Waals surface area contributed by atoms with E-state index in [0.29, 0.717) is 6.42 Å². The highest BCUT2D eigenvalue weighted by atomic mass is 16.4. The third-order valence-corrected chi connectivity index (χ3v) is 1.65. The molecule has 1 aliphatic rings. The predicted octanol–water partition coefficient (Wildman–Crippen LogP) is -2.49. The fourth-order valence-corrected chi connectivity index (χ4v) is 1.02. The number of hydrogen-bond donors (Lipinski definition) is 2. The fourth-order valence-electron chi connectivity index (χ4n) is 1.02. The lowest BCUT2D eigenvalue weighted by atomic mass is 10.3. The average Bonchev–Trinajstić information content (AvgIpc) is 2.10. The highest BCUT2D eigenvalue weighted by Crippen LogP contribution is 1.91. The molecule has 1 fully saturated rings. The Labute approximate surface area is 85.6 Å². The van der Waals surface area contributed by atoms with Crippen LogP contribution in [0.4, 0.5) is 0 Å². The summed E-state index contributed by atoms with van der Waals surface area (Å²) in [7, 11) is 0. The second-order valence-electron chi connectivity index (χ2n) is 2.98. The van der Waals surface area contributed by atoms with Crippen LogP contribution in [0.15, 0.2) is 4.99 Å². The molecule has 1 saturated heterocycles. The Kier molecular flexibility index (Phi) is 3.78. The molecule has 0 aromatic heterocycles. The van der Waals surface area contributed by atoms with Crippen molar-refractivity contribution < 1.29 is 19.5 Å². The first-order valence-electron chi connectivity index (χ1n) is 4.42. The SMILES string of the molecule is O=C([O-])CCCN=C1NC(=O)CC(=O)N1. The van der Waals surface area contributed by atoms with Crippen molar-refractivity contribution in [3.8, 4) is 0 Å². The van der Waals surface area contributed by atoms with E-state index in [1.54, 1.807) is 0 Å². The van der Waals surface area contributed by atoms with Gasteiger partial charge in [0.1, 0.15) is 6.42 Å². The number of amides is 2. The molecule has 0 spiro atoms. The first kappa shape index (κ1) is 11.2. The molecule has 0 aromatic carbocycles. The van der Waals surface area contributed by atoms with Gasteiger partial charge in [-0.2, -0.15) is 0 Å². The van der Waals surface area contributed by atoms with Crippen LogP contribution in [0.25, 0.3) is 0 Å². The van der Waals surface area contributed by atoms with Crippen molar-refractivity contribution in [1.29, 1.82) is 0 Å². The third-order valence-electron chi connectivity index (χ3n) is 1.65. The van der Waals surface area contributed by atoms with Crippen LogP contribution in [0.1, 0.15) is 19.3 Å². The monoisotopic (exact) mass is 212 g/mol. The number of hydrogen-bond acceptors (Lipinski definition) is 5. The summed E-state index contributed by atoms with van der Waals surface area (Å²) in [6.07, 6.45) is -0.00564. The fraction of sp³-hybridized carbons (Fsp3) is 0.500. The molecular formula is C8H10N3O4-. The van der Waals surface area contributed by atoms with E-state index in [1.807, 2.05) is 0 Å². The molecule has 0 saturated carbocycles. The standard InChI is InChI=1S/C8H11N3O4/c12-5-4-6(13)11-8(10-5)9-3-1-2-7(14)15/h1-4H2,(H,14,15)(H2,9,10,11,12,13)/p-1. The lowest BCUT2D eigenvalue weighted by molar-refractivity contribution is -0.305. The largest absolute Gasteiger partial charge is 0.550 e. The maximum Gasteiger partial charge on any atom is 0.236 e. The van der Waals surface area contributed by atoms with Crippen LogP contribution >= 0.6 is 0 Å². The highest BCUT2D eigenvalue weighted by Gasteiger charge is 2.18. The number of carbonyl (C=O) groups is 3. The summed E-state index contributed by atoms with van der Waals surface area (Å²) in [5, 5.41) is 14.8. The summed E-state index contributed by atoms with van der Waals surface area (Å²) in [5.74, 6) is -1.91. The molecule has 7 nitrogen and oxygen atoms in total. The van der Waals surface area contributed by atoms with Gasteiger partial charge < -0.3 is 9.90 Å². The number of carboxylic acids is 1. The molecular weight excluding hydrogens is 202 g/mol. The van der Waals surface area contributed by atoms with E-state index in [2.05, 4.69) is 15.6 Å². The lowest BCUT2D eigenvalue weighted by Gasteiger charge is -2.14. The molecule has 0 bridgehead atoms. The van der Waals surface area contributed by atoms with Crippen LogP contribution in [0.3, 0.4) is 0 Å². The van der Waals surface area contributed by atoms with Crippen molar-refractivity contribution in [2.75, 3.05) is 6.54 Å². The van der Waals surface area contributed by atoms with Gasteiger partial charge in [-0.05, 0) is 12.8 Å². The summed E-state index contributed by atoms with van der Waals surface area (Å²) in [6.45, 7) is 0.212. The van der Waals surface area contributed by atoms with Gasteiger partial charge in [-0.25, -0.2) is 0 Å². The molecule has 1 aliphatic heterocycles. The lowest BCUT2D eigenvalue weighted by Crippen LogP contribution is -2.50. The average molecular weight is 212 g/mol. The van der Waals surface area contributed by atoms with Crippen LogP contribution in [0.2, 0.25) is 0 Å². The van der Waals surface area contributed by atoms with Crippen LogP contribution in [0, 0.1) is 0 Å². The Bertz CT molecular complexity index is 306. The second kappa shape index (κ2) is 5.08. The smallest absolute Gasteiger partial charge is 0.236 e. The Balaban J connectivity index is 2.35. The minimum absolute atomic E-state index is 0.0783. The van der Waals surface area contributed by atoms with Gasteiger partial charge in [0.05, 0.1) is 0 Å². The zero-order valence-corrected chi connectivity index (χ0v) is 7.91. The molecule has 2 amide bonds. The van der Waals surface area contributed by atoms with Crippen LogP contribution in [0.5, 0.6) is 0 Å². The third kappa shape index (κ3) is 4.21. The number of nitrogens with zero attached hydrogens (tertiary/aromatic N) is 1. The number of nitrogens with one attached hydrogen (secondary N) is 2. The summed E-state index contributed by atoms with van der Waals surface area (Å²) in [4.78, 5) is 35.6. The van der Waals surface area contributed by atoms with E-state index < -0.39 is 17.8 Å². The number of guanidine groups is 1. The molecule has 2 N–H and O–H groups in total. The molecule has 0 aromatic rings. The van der Waals surface area contributed by atoms with E-state index in [4.69, 9.17) is 0 Å². The number of carbonyl (C=O) groups excluding carboxylic acids is 3. The maximum atomic E-state index is 10.9. The molecule has 0 radical (unpaired) electrons. The summed E-state index contributed by atoms with van der Waals surface area (Å²) in [5.41, 5.74) is 0. The predicted molar refractivity (Wildman–Crippen MR) is 47.4 cm³/mol. The summed E-state index contributed by atoms with van der Waals surface area (Å²) >= 11 is 0.